The minimum absolute atomic E-state index is 0.0732. The molecule has 0 bridgehead atoms. The molecule has 0 fully saturated rings. The fourth-order valence-corrected chi connectivity index (χ4v) is 5.35. The Morgan fingerprint density at radius 3 is 1.86 bits per heavy atom. The van der Waals surface area contributed by atoms with Gasteiger partial charge >= 0.3 is 0 Å². The molecule has 0 atom stereocenters. The number of aldehydes is 1. The normalized spacial score (nSPS) is 11.1. The Labute approximate surface area is 252 Å². The van der Waals surface area contributed by atoms with E-state index >= 15 is 0 Å². The fourth-order valence-electron chi connectivity index (χ4n) is 5.35. The van der Waals surface area contributed by atoms with Crippen LogP contribution in [0.15, 0.2) is 128 Å². The maximum atomic E-state index is 12.4. The highest BCUT2D eigenvalue weighted by atomic mass is 16.1. The lowest BCUT2D eigenvalue weighted by atomic mass is 9.76. The number of amides is 1. The predicted octanol–water partition coefficient (Wildman–Crippen LogP) is 7.70. The zero-order valence-corrected chi connectivity index (χ0v) is 24.2. The van der Waals surface area contributed by atoms with Gasteiger partial charge in [-0.15, -0.1) is 0 Å². The van der Waals surface area contributed by atoms with Gasteiger partial charge < -0.3 is 10.6 Å². The van der Waals surface area contributed by atoms with Gasteiger partial charge in [0.05, 0.1) is 11.9 Å². The van der Waals surface area contributed by atoms with Crippen molar-refractivity contribution in [2.24, 2.45) is 5.92 Å². The van der Waals surface area contributed by atoms with Crippen molar-refractivity contribution in [2.75, 3.05) is 10.6 Å². The van der Waals surface area contributed by atoms with Gasteiger partial charge in [-0.1, -0.05) is 111 Å². The van der Waals surface area contributed by atoms with Crippen LogP contribution in [0.3, 0.4) is 0 Å². The second-order valence-electron chi connectivity index (χ2n) is 10.9. The third-order valence-electron chi connectivity index (χ3n) is 7.32. The number of pyridine rings is 1. The molecule has 1 amide bonds. The van der Waals surface area contributed by atoms with Gasteiger partial charge in [0.2, 0.25) is 5.91 Å². The summed E-state index contributed by atoms with van der Waals surface area (Å²) < 4.78 is 0. The lowest BCUT2D eigenvalue weighted by molar-refractivity contribution is -0.116. The molecule has 0 saturated heterocycles. The van der Waals surface area contributed by atoms with Crippen molar-refractivity contribution < 1.29 is 9.59 Å². The first kappa shape index (κ1) is 29.1. The van der Waals surface area contributed by atoms with Crippen LogP contribution >= 0.6 is 0 Å². The molecule has 3 N–H and O–H groups in total. The lowest BCUT2D eigenvalue weighted by Gasteiger charge is -2.38. The standard InChI is InChI=1S/C37H34N4O2/c1-26(2)20-36(43)40-32-21-28(23-39-24-32)27-18-19-35(33(22-27)34(38)25-42)41-37(29-12-6-3-7-13-29,30-14-8-4-9-15-30)31-16-10-5-11-17-31/h3-19,21-26,38,41H,20H2,1-2H3,(H,40,43). The van der Waals surface area contributed by atoms with E-state index in [4.69, 9.17) is 5.41 Å². The van der Waals surface area contributed by atoms with Gasteiger partial charge in [0.1, 0.15) is 11.3 Å². The minimum atomic E-state index is -0.828. The number of rotatable bonds is 11. The highest BCUT2D eigenvalue weighted by Crippen LogP contribution is 2.41. The van der Waals surface area contributed by atoms with Gasteiger partial charge in [-0.2, -0.15) is 0 Å². The molecule has 5 rings (SSSR count). The first-order valence-corrected chi connectivity index (χ1v) is 14.3. The third kappa shape index (κ3) is 6.44. The van der Waals surface area contributed by atoms with Crippen LogP contribution in [-0.4, -0.2) is 22.9 Å². The van der Waals surface area contributed by atoms with Crippen LogP contribution in [0.5, 0.6) is 0 Å². The molecule has 214 valence electrons. The molecule has 0 saturated carbocycles. The zero-order chi connectivity index (χ0) is 30.2. The van der Waals surface area contributed by atoms with Crippen LogP contribution in [-0.2, 0) is 15.1 Å². The molecule has 5 aromatic rings. The Balaban J connectivity index is 1.63. The van der Waals surface area contributed by atoms with E-state index in [9.17, 15) is 9.59 Å². The second kappa shape index (κ2) is 13.1. The van der Waals surface area contributed by atoms with Crippen LogP contribution < -0.4 is 10.6 Å². The van der Waals surface area contributed by atoms with Gasteiger partial charge in [-0.05, 0) is 46.4 Å². The average Bonchev–Trinajstić information content (AvgIpc) is 3.04. The average molecular weight is 567 g/mol. The molecule has 0 spiro atoms. The summed E-state index contributed by atoms with van der Waals surface area (Å²) in [5.74, 6) is 0.166. The second-order valence-corrected chi connectivity index (χ2v) is 10.9. The van der Waals surface area contributed by atoms with Crippen LogP contribution in [0.1, 0.15) is 42.5 Å². The van der Waals surface area contributed by atoms with E-state index in [-0.39, 0.29) is 17.5 Å². The largest absolute Gasteiger partial charge is 0.367 e. The molecule has 1 aromatic heterocycles. The quantitative estimate of drug-likeness (QED) is 0.0867. The highest BCUT2D eigenvalue weighted by molar-refractivity contribution is 6.36. The summed E-state index contributed by atoms with van der Waals surface area (Å²) in [6.45, 7) is 3.99. The summed E-state index contributed by atoms with van der Waals surface area (Å²) >= 11 is 0. The molecular weight excluding hydrogens is 532 g/mol. The molecule has 43 heavy (non-hydrogen) atoms. The molecule has 4 aromatic carbocycles. The SMILES string of the molecule is CC(C)CC(=O)Nc1cncc(-c2ccc(NC(c3ccccc3)(c3ccccc3)c3ccccc3)c(C(=N)C=O)c2)c1. The number of hydrogen-bond donors (Lipinski definition) is 3. The van der Waals surface area contributed by atoms with E-state index in [0.29, 0.717) is 29.6 Å². The number of nitrogens with one attached hydrogen (secondary N) is 3. The molecule has 0 aliphatic carbocycles. The van der Waals surface area contributed by atoms with E-state index in [2.05, 4.69) is 52.0 Å². The van der Waals surface area contributed by atoms with Crippen LogP contribution in [0.2, 0.25) is 0 Å². The number of nitrogens with zero attached hydrogens (tertiary/aromatic N) is 1. The Morgan fingerprint density at radius 2 is 1.35 bits per heavy atom. The molecule has 0 unspecified atom stereocenters. The third-order valence-corrected chi connectivity index (χ3v) is 7.32. The Kier molecular flexibility index (Phi) is 8.87. The maximum absolute atomic E-state index is 12.4. The number of anilines is 2. The first-order chi connectivity index (χ1) is 20.9. The van der Waals surface area contributed by atoms with Gasteiger partial charge in [0.15, 0.2) is 6.29 Å². The Morgan fingerprint density at radius 1 is 0.791 bits per heavy atom. The molecule has 0 aliphatic heterocycles. The minimum Gasteiger partial charge on any atom is -0.367 e. The van der Waals surface area contributed by atoms with E-state index in [1.807, 2.05) is 92.7 Å². The Bertz CT molecular complexity index is 1620. The number of carbonyl (C=O) groups is 2. The van der Waals surface area contributed by atoms with Crippen molar-refractivity contribution in [3.05, 3.63) is 150 Å². The van der Waals surface area contributed by atoms with E-state index in [1.54, 1.807) is 12.4 Å². The van der Waals surface area contributed by atoms with Crippen LogP contribution in [0, 0.1) is 11.3 Å². The summed E-state index contributed by atoms with van der Waals surface area (Å²) in [6, 6.07) is 38.0. The predicted molar refractivity (Wildman–Crippen MR) is 173 cm³/mol. The van der Waals surface area contributed by atoms with Crippen molar-refractivity contribution in [2.45, 2.75) is 25.8 Å². The topological polar surface area (TPSA) is 94.9 Å². The summed E-state index contributed by atoms with van der Waals surface area (Å²) in [5.41, 5.74) is 5.25. The van der Waals surface area contributed by atoms with Gasteiger partial charge in [0, 0.05) is 29.4 Å². The van der Waals surface area contributed by atoms with E-state index < -0.39 is 5.54 Å². The summed E-state index contributed by atoms with van der Waals surface area (Å²) in [7, 11) is 0. The number of aromatic nitrogens is 1. The summed E-state index contributed by atoms with van der Waals surface area (Å²) in [6.07, 6.45) is 4.29. The van der Waals surface area contributed by atoms with Crippen molar-refractivity contribution in [3.63, 3.8) is 0 Å². The number of carbonyl (C=O) groups excluding carboxylic acids is 2. The highest BCUT2D eigenvalue weighted by Gasteiger charge is 2.37. The summed E-state index contributed by atoms with van der Waals surface area (Å²) in [5, 5.41) is 15.3. The fraction of sp³-hybridized carbons (Fsp3) is 0.135. The van der Waals surface area contributed by atoms with Gasteiger partial charge in [-0.25, -0.2) is 0 Å². The number of benzene rings is 4. The van der Waals surface area contributed by atoms with Gasteiger partial charge in [0.25, 0.3) is 0 Å². The zero-order valence-electron chi connectivity index (χ0n) is 24.2. The molecular formula is C37H34N4O2. The molecule has 6 nitrogen and oxygen atoms in total. The van der Waals surface area contributed by atoms with Crippen molar-refractivity contribution >= 4 is 29.3 Å². The van der Waals surface area contributed by atoms with Crippen molar-refractivity contribution in [3.8, 4) is 11.1 Å². The lowest BCUT2D eigenvalue weighted by Crippen LogP contribution is -2.38. The maximum Gasteiger partial charge on any atom is 0.224 e. The van der Waals surface area contributed by atoms with Crippen LogP contribution in [0.25, 0.3) is 11.1 Å². The van der Waals surface area contributed by atoms with Crippen molar-refractivity contribution in [1.82, 2.24) is 4.98 Å². The smallest absolute Gasteiger partial charge is 0.224 e. The van der Waals surface area contributed by atoms with Gasteiger partial charge in [-0.3, -0.25) is 20.0 Å². The molecule has 1 heterocycles. The first-order valence-electron chi connectivity index (χ1n) is 14.3. The Hall–Kier alpha value is -5.36. The molecule has 0 radical (unpaired) electrons. The van der Waals surface area contributed by atoms with E-state index in [0.717, 1.165) is 27.8 Å². The van der Waals surface area contributed by atoms with E-state index in [1.165, 1.54) is 0 Å². The van der Waals surface area contributed by atoms with Crippen LogP contribution in [0.4, 0.5) is 11.4 Å². The molecule has 0 aliphatic rings. The number of hydrogen-bond acceptors (Lipinski definition) is 5. The molecule has 6 heteroatoms. The van der Waals surface area contributed by atoms with Crippen molar-refractivity contribution in [1.29, 1.82) is 5.41 Å². The monoisotopic (exact) mass is 566 g/mol. The summed E-state index contributed by atoms with van der Waals surface area (Å²) in [4.78, 5) is 28.7.